The molecule has 0 unspecified atom stereocenters. The van der Waals surface area contributed by atoms with Crippen LogP contribution >= 0.6 is 0 Å². The Kier molecular flexibility index (Phi) is 6.88. The molecule has 0 atom stereocenters. The number of carboxylic acid groups (broad SMARTS) is 1. The summed E-state index contributed by atoms with van der Waals surface area (Å²) in [6.45, 7) is 3.28. The van der Waals surface area contributed by atoms with Crippen molar-refractivity contribution in [3.63, 3.8) is 0 Å². The average molecular weight is 343 g/mol. The van der Waals surface area contributed by atoms with Crippen LogP contribution in [0.5, 0.6) is 5.75 Å². The average Bonchev–Trinajstić information content (AvgIpc) is 2.63. The minimum atomic E-state index is -1.18. The maximum atomic E-state index is 11.9. The van der Waals surface area contributed by atoms with E-state index in [1.165, 1.54) is 0 Å². The highest BCUT2D eigenvalue weighted by Gasteiger charge is 2.10. The lowest BCUT2D eigenvalue weighted by atomic mass is 10.1. The summed E-state index contributed by atoms with van der Waals surface area (Å²) in [6.07, 6.45) is 5.02. The SMILES string of the molecule is CCCCOc1ccc(CCNC(=O)c2cnc(C(=O)O)cn2)cc1. The molecule has 0 saturated carbocycles. The van der Waals surface area contributed by atoms with Crippen molar-refractivity contribution in [2.75, 3.05) is 13.2 Å². The smallest absolute Gasteiger partial charge is 0.356 e. The van der Waals surface area contributed by atoms with E-state index in [4.69, 9.17) is 9.84 Å². The van der Waals surface area contributed by atoms with Gasteiger partial charge in [-0.25, -0.2) is 14.8 Å². The third kappa shape index (κ3) is 5.87. The monoisotopic (exact) mass is 343 g/mol. The molecule has 0 aliphatic heterocycles. The van der Waals surface area contributed by atoms with Gasteiger partial charge in [0.25, 0.3) is 5.91 Å². The molecule has 1 amide bonds. The number of nitrogens with zero attached hydrogens (tertiary/aromatic N) is 2. The Morgan fingerprint density at radius 2 is 1.80 bits per heavy atom. The lowest BCUT2D eigenvalue weighted by Gasteiger charge is -2.07. The molecular formula is C18H21N3O4. The molecule has 0 spiro atoms. The molecule has 7 heteroatoms. The fourth-order valence-electron chi connectivity index (χ4n) is 2.05. The van der Waals surface area contributed by atoms with Gasteiger partial charge in [0, 0.05) is 6.54 Å². The number of carbonyl (C=O) groups excluding carboxylic acids is 1. The number of amides is 1. The highest BCUT2D eigenvalue weighted by atomic mass is 16.5. The highest BCUT2D eigenvalue weighted by Crippen LogP contribution is 2.13. The van der Waals surface area contributed by atoms with Crippen LogP contribution in [0, 0.1) is 0 Å². The second-order valence-electron chi connectivity index (χ2n) is 5.44. The highest BCUT2D eigenvalue weighted by molar-refractivity contribution is 5.92. The summed E-state index contributed by atoms with van der Waals surface area (Å²) in [5, 5.41) is 11.5. The Morgan fingerprint density at radius 3 is 2.40 bits per heavy atom. The van der Waals surface area contributed by atoms with Crippen LogP contribution in [-0.2, 0) is 6.42 Å². The van der Waals surface area contributed by atoms with Crippen LogP contribution in [0.25, 0.3) is 0 Å². The van der Waals surface area contributed by atoms with Crippen LogP contribution < -0.4 is 10.1 Å². The van der Waals surface area contributed by atoms with Crippen molar-refractivity contribution in [3.05, 3.63) is 53.6 Å². The molecule has 0 bridgehead atoms. The van der Waals surface area contributed by atoms with Gasteiger partial charge in [-0.3, -0.25) is 4.79 Å². The Hall–Kier alpha value is -2.96. The molecule has 25 heavy (non-hydrogen) atoms. The van der Waals surface area contributed by atoms with Crippen molar-refractivity contribution < 1.29 is 19.4 Å². The van der Waals surface area contributed by atoms with Crippen molar-refractivity contribution >= 4 is 11.9 Å². The Bertz CT molecular complexity index is 699. The molecule has 0 saturated heterocycles. The number of ether oxygens (including phenoxy) is 1. The number of aromatic nitrogens is 2. The molecule has 132 valence electrons. The van der Waals surface area contributed by atoms with E-state index in [9.17, 15) is 9.59 Å². The first kappa shape index (κ1) is 18.4. The zero-order chi connectivity index (χ0) is 18.1. The Morgan fingerprint density at radius 1 is 1.12 bits per heavy atom. The number of carbonyl (C=O) groups is 2. The fraction of sp³-hybridized carbons (Fsp3) is 0.333. The fourth-order valence-corrected chi connectivity index (χ4v) is 2.05. The van der Waals surface area contributed by atoms with E-state index >= 15 is 0 Å². The van der Waals surface area contributed by atoms with Gasteiger partial charge in [0.15, 0.2) is 5.69 Å². The predicted molar refractivity (Wildman–Crippen MR) is 91.9 cm³/mol. The summed E-state index contributed by atoms with van der Waals surface area (Å²) in [6, 6.07) is 7.77. The van der Waals surface area contributed by atoms with Crippen molar-refractivity contribution in [2.45, 2.75) is 26.2 Å². The second-order valence-corrected chi connectivity index (χ2v) is 5.44. The van der Waals surface area contributed by atoms with Gasteiger partial charge in [-0.2, -0.15) is 0 Å². The van der Waals surface area contributed by atoms with Gasteiger partial charge < -0.3 is 15.2 Å². The minimum Gasteiger partial charge on any atom is -0.494 e. The quantitative estimate of drug-likeness (QED) is 0.678. The largest absolute Gasteiger partial charge is 0.494 e. The number of unbranched alkanes of at least 4 members (excludes halogenated alkanes) is 1. The van der Waals surface area contributed by atoms with E-state index in [0.717, 1.165) is 36.5 Å². The van der Waals surface area contributed by atoms with Gasteiger partial charge >= 0.3 is 5.97 Å². The molecule has 0 radical (unpaired) electrons. The number of aromatic carboxylic acids is 1. The lowest BCUT2D eigenvalue weighted by molar-refractivity contribution is 0.0689. The van der Waals surface area contributed by atoms with E-state index < -0.39 is 5.97 Å². The molecule has 7 nitrogen and oxygen atoms in total. The van der Waals surface area contributed by atoms with E-state index in [2.05, 4.69) is 22.2 Å². The van der Waals surface area contributed by atoms with Crippen LogP contribution in [-0.4, -0.2) is 40.1 Å². The van der Waals surface area contributed by atoms with E-state index in [1.54, 1.807) is 0 Å². The summed E-state index contributed by atoms with van der Waals surface area (Å²) in [7, 11) is 0. The molecule has 2 aromatic rings. The molecule has 2 rings (SSSR count). The van der Waals surface area contributed by atoms with Crippen molar-refractivity contribution in [3.8, 4) is 5.75 Å². The van der Waals surface area contributed by atoms with Gasteiger partial charge in [0.2, 0.25) is 0 Å². The normalized spacial score (nSPS) is 10.3. The van der Waals surface area contributed by atoms with Crippen LogP contribution in [0.4, 0.5) is 0 Å². The Balaban J connectivity index is 1.77. The maximum absolute atomic E-state index is 11.9. The lowest BCUT2D eigenvalue weighted by Crippen LogP contribution is -2.26. The van der Waals surface area contributed by atoms with Crippen LogP contribution in [0.1, 0.15) is 46.3 Å². The number of hydrogen-bond acceptors (Lipinski definition) is 5. The molecule has 1 aromatic heterocycles. The molecule has 0 fully saturated rings. The van der Waals surface area contributed by atoms with Crippen LogP contribution in [0.15, 0.2) is 36.7 Å². The third-order valence-corrected chi connectivity index (χ3v) is 3.49. The third-order valence-electron chi connectivity index (χ3n) is 3.49. The number of nitrogens with one attached hydrogen (secondary N) is 1. The van der Waals surface area contributed by atoms with Gasteiger partial charge in [-0.15, -0.1) is 0 Å². The number of hydrogen-bond donors (Lipinski definition) is 2. The standard InChI is InChI=1S/C18H21N3O4/c1-2-3-10-25-14-6-4-13(5-7-14)8-9-19-17(22)15-11-21-16(12-20-15)18(23)24/h4-7,11-12H,2-3,8-10H2,1H3,(H,19,22)(H,23,24). The topological polar surface area (TPSA) is 101 Å². The zero-order valence-electron chi connectivity index (χ0n) is 14.1. The number of rotatable bonds is 9. The van der Waals surface area contributed by atoms with Crippen LogP contribution in [0.2, 0.25) is 0 Å². The molecular weight excluding hydrogens is 322 g/mol. The van der Waals surface area contributed by atoms with Crippen LogP contribution in [0.3, 0.4) is 0 Å². The van der Waals surface area contributed by atoms with Gasteiger partial charge in [0.05, 0.1) is 19.0 Å². The molecule has 1 aromatic carbocycles. The second kappa shape index (κ2) is 9.36. The first-order valence-corrected chi connectivity index (χ1v) is 8.15. The minimum absolute atomic E-state index is 0.0877. The molecule has 0 aliphatic carbocycles. The van der Waals surface area contributed by atoms with Crippen molar-refractivity contribution in [2.24, 2.45) is 0 Å². The first-order chi connectivity index (χ1) is 12.1. The van der Waals surface area contributed by atoms with Crippen molar-refractivity contribution in [1.29, 1.82) is 0 Å². The van der Waals surface area contributed by atoms with Crippen molar-refractivity contribution in [1.82, 2.24) is 15.3 Å². The summed E-state index contributed by atoms with van der Waals surface area (Å²) >= 11 is 0. The number of carboxylic acids is 1. The summed E-state index contributed by atoms with van der Waals surface area (Å²) < 4.78 is 5.60. The summed E-state index contributed by atoms with van der Waals surface area (Å²) in [4.78, 5) is 30.1. The molecule has 0 aliphatic rings. The van der Waals surface area contributed by atoms with Gasteiger partial charge in [-0.05, 0) is 30.5 Å². The van der Waals surface area contributed by atoms with E-state index in [-0.39, 0.29) is 17.3 Å². The molecule has 2 N–H and O–H groups in total. The number of benzene rings is 1. The van der Waals surface area contributed by atoms with E-state index in [1.807, 2.05) is 24.3 Å². The zero-order valence-corrected chi connectivity index (χ0v) is 14.1. The van der Waals surface area contributed by atoms with Gasteiger partial charge in [-0.1, -0.05) is 25.5 Å². The predicted octanol–water partition coefficient (Wildman–Crippen LogP) is 2.33. The van der Waals surface area contributed by atoms with Gasteiger partial charge in [0.1, 0.15) is 11.4 Å². The molecule has 1 heterocycles. The Labute approximate surface area is 146 Å². The maximum Gasteiger partial charge on any atom is 0.356 e. The summed E-state index contributed by atoms with van der Waals surface area (Å²) in [5.74, 6) is -0.722. The first-order valence-electron chi connectivity index (χ1n) is 8.15. The van der Waals surface area contributed by atoms with E-state index in [0.29, 0.717) is 19.6 Å². The summed E-state index contributed by atoms with van der Waals surface area (Å²) in [5.41, 5.74) is 0.970.